The third-order valence-electron chi connectivity index (χ3n) is 4.89. The van der Waals surface area contributed by atoms with Gasteiger partial charge in [-0.1, -0.05) is 55.8 Å². The highest BCUT2D eigenvalue weighted by atomic mass is 35.5. The third-order valence-corrected chi connectivity index (χ3v) is 5.22. The van der Waals surface area contributed by atoms with E-state index in [1.807, 2.05) is 44.3 Å². The summed E-state index contributed by atoms with van der Waals surface area (Å²) in [5, 5.41) is 8.27. The van der Waals surface area contributed by atoms with Crippen LogP contribution in [-0.4, -0.2) is 28.6 Å². The van der Waals surface area contributed by atoms with Crippen LogP contribution in [0.4, 0.5) is 0 Å². The molecule has 0 aliphatic carbocycles. The molecule has 6 nitrogen and oxygen atoms in total. The Kier molecular flexibility index (Phi) is 6.90. The van der Waals surface area contributed by atoms with Crippen molar-refractivity contribution < 1.29 is 9.59 Å². The molecule has 3 aromatic rings. The molecule has 2 aromatic carbocycles. The number of benzene rings is 2. The second kappa shape index (κ2) is 9.59. The van der Waals surface area contributed by atoms with E-state index in [4.69, 9.17) is 11.6 Å². The van der Waals surface area contributed by atoms with Gasteiger partial charge in [0.1, 0.15) is 6.04 Å². The fourth-order valence-electron chi connectivity index (χ4n) is 3.27. The van der Waals surface area contributed by atoms with Gasteiger partial charge in [0.15, 0.2) is 0 Å². The first-order valence-electron chi connectivity index (χ1n) is 9.88. The zero-order chi connectivity index (χ0) is 21.7. The minimum Gasteiger partial charge on any atom is -0.347 e. The van der Waals surface area contributed by atoms with Gasteiger partial charge in [-0.3, -0.25) is 9.59 Å². The third kappa shape index (κ3) is 4.71. The summed E-state index contributed by atoms with van der Waals surface area (Å²) >= 11 is 6.09. The highest BCUT2D eigenvalue weighted by Crippen LogP contribution is 2.20. The Bertz CT molecular complexity index is 1090. The van der Waals surface area contributed by atoms with Crippen LogP contribution in [-0.2, 0) is 11.3 Å². The minimum absolute atomic E-state index is 0.131. The van der Waals surface area contributed by atoms with Crippen LogP contribution in [0.5, 0.6) is 0 Å². The van der Waals surface area contributed by atoms with E-state index in [9.17, 15) is 9.59 Å². The van der Waals surface area contributed by atoms with Gasteiger partial charge in [0.05, 0.1) is 16.8 Å². The lowest BCUT2D eigenvalue weighted by molar-refractivity contribution is -0.123. The van der Waals surface area contributed by atoms with E-state index >= 15 is 0 Å². The maximum Gasteiger partial charge on any atom is 0.262 e. The van der Waals surface area contributed by atoms with Crippen molar-refractivity contribution in [2.24, 2.45) is 11.0 Å². The van der Waals surface area contributed by atoms with E-state index in [2.05, 4.69) is 27.3 Å². The molecular weight excluding hydrogens is 400 g/mol. The summed E-state index contributed by atoms with van der Waals surface area (Å²) in [6, 6.07) is 14.0. The molecule has 0 aliphatic rings. The molecule has 1 aromatic heterocycles. The second-order valence-electron chi connectivity index (χ2n) is 7.30. The van der Waals surface area contributed by atoms with Gasteiger partial charge in [0.25, 0.3) is 11.8 Å². The summed E-state index contributed by atoms with van der Waals surface area (Å²) in [6.45, 7) is 6.62. The van der Waals surface area contributed by atoms with Gasteiger partial charge in [0.2, 0.25) is 0 Å². The fraction of sp³-hybridized carbons (Fsp3) is 0.261. The van der Waals surface area contributed by atoms with Gasteiger partial charge in [-0.15, -0.1) is 0 Å². The molecule has 0 spiro atoms. The number of carbonyl (C=O) groups is 2. The molecule has 156 valence electrons. The number of hydrogen-bond donors (Lipinski definition) is 2. The van der Waals surface area contributed by atoms with Crippen molar-refractivity contribution in [1.29, 1.82) is 0 Å². The number of hydrogen-bond acceptors (Lipinski definition) is 3. The monoisotopic (exact) mass is 424 g/mol. The zero-order valence-electron chi connectivity index (χ0n) is 17.2. The predicted molar refractivity (Wildman–Crippen MR) is 121 cm³/mol. The standard InChI is InChI=1S/C23H25ClN4O2/c1-4-28-14-16(17-9-6-8-12-20(17)28)13-25-27-23(30)21(15(2)3)26-22(29)18-10-5-7-11-19(18)24/h5-15,21H,4H2,1-3H3,(H,26,29)(H,27,30)/b25-13-. The first-order valence-corrected chi connectivity index (χ1v) is 10.3. The first-order chi connectivity index (χ1) is 14.4. The molecule has 0 fully saturated rings. The van der Waals surface area contributed by atoms with Crippen molar-refractivity contribution >= 4 is 40.5 Å². The van der Waals surface area contributed by atoms with Gasteiger partial charge < -0.3 is 9.88 Å². The van der Waals surface area contributed by atoms with Crippen LogP contribution in [0.2, 0.25) is 5.02 Å². The number of halogens is 1. The Hall–Kier alpha value is -3.12. The highest BCUT2D eigenvalue weighted by molar-refractivity contribution is 6.33. The van der Waals surface area contributed by atoms with E-state index in [0.29, 0.717) is 10.6 Å². The zero-order valence-corrected chi connectivity index (χ0v) is 18.0. The lowest BCUT2D eigenvalue weighted by Gasteiger charge is -2.20. The normalized spacial score (nSPS) is 12.4. The van der Waals surface area contributed by atoms with Gasteiger partial charge in [-0.05, 0) is 31.0 Å². The van der Waals surface area contributed by atoms with Crippen LogP contribution in [0.15, 0.2) is 59.8 Å². The van der Waals surface area contributed by atoms with Crippen LogP contribution in [0.25, 0.3) is 10.9 Å². The van der Waals surface area contributed by atoms with Crippen LogP contribution in [0, 0.1) is 5.92 Å². The smallest absolute Gasteiger partial charge is 0.262 e. The molecule has 30 heavy (non-hydrogen) atoms. The first kappa shape index (κ1) is 21.6. The molecule has 3 rings (SSSR count). The number of hydrazone groups is 1. The van der Waals surface area contributed by atoms with E-state index in [0.717, 1.165) is 23.0 Å². The number of aromatic nitrogens is 1. The molecule has 0 aliphatic heterocycles. The molecule has 7 heteroatoms. The van der Waals surface area contributed by atoms with Crippen molar-refractivity contribution in [3.05, 3.63) is 70.9 Å². The summed E-state index contributed by atoms with van der Waals surface area (Å²) in [4.78, 5) is 25.2. The summed E-state index contributed by atoms with van der Waals surface area (Å²) in [5.41, 5.74) is 4.90. The number of fused-ring (bicyclic) bond motifs is 1. The van der Waals surface area contributed by atoms with E-state index in [-0.39, 0.29) is 11.8 Å². The van der Waals surface area contributed by atoms with Gasteiger partial charge in [-0.2, -0.15) is 5.10 Å². The summed E-state index contributed by atoms with van der Waals surface area (Å²) in [7, 11) is 0. The average Bonchev–Trinajstić information content (AvgIpc) is 3.10. The second-order valence-corrected chi connectivity index (χ2v) is 7.70. The lowest BCUT2D eigenvalue weighted by Crippen LogP contribution is -2.48. The Morgan fingerprint density at radius 2 is 1.83 bits per heavy atom. The van der Waals surface area contributed by atoms with Crippen molar-refractivity contribution in [2.45, 2.75) is 33.4 Å². The number of amides is 2. The molecule has 0 saturated carbocycles. The largest absolute Gasteiger partial charge is 0.347 e. The Labute approximate surface area is 180 Å². The van der Waals surface area contributed by atoms with E-state index in [1.54, 1.807) is 30.5 Å². The molecule has 2 amide bonds. The predicted octanol–water partition coefficient (Wildman–Crippen LogP) is 4.22. The maximum atomic E-state index is 12.7. The molecule has 1 heterocycles. The van der Waals surface area contributed by atoms with E-state index in [1.165, 1.54) is 0 Å². The SMILES string of the molecule is CCn1cc(/C=N\NC(=O)C(NC(=O)c2ccccc2Cl)C(C)C)c2ccccc21. The summed E-state index contributed by atoms with van der Waals surface area (Å²) < 4.78 is 2.12. The topological polar surface area (TPSA) is 75.5 Å². The van der Waals surface area contributed by atoms with Gasteiger partial charge >= 0.3 is 0 Å². The molecular formula is C23H25ClN4O2. The van der Waals surface area contributed by atoms with Crippen molar-refractivity contribution in [3.63, 3.8) is 0 Å². The number of carbonyl (C=O) groups excluding carboxylic acids is 2. The number of nitrogens with one attached hydrogen (secondary N) is 2. The maximum absolute atomic E-state index is 12.7. The van der Waals surface area contributed by atoms with Crippen LogP contribution in [0.3, 0.4) is 0 Å². The number of nitrogens with zero attached hydrogens (tertiary/aromatic N) is 2. The van der Waals surface area contributed by atoms with Crippen molar-refractivity contribution in [3.8, 4) is 0 Å². The lowest BCUT2D eigenvalue weighted by atomic mass is 10.0. The number of para-hydroxylation sites is 1. The fourth-order valence-corrected chi connectivity index (χ4v) is 3.50. The quantitative estimate of drug-likeness (QED) is 0.440. The summed E-state index contributed by atoms with van der Waals surface area (Å²) in [6.07, 6.45) is 3.62. The number of aryl methyl sites for hydroxylation is 1. The molecule has 2 N–H and O–H groups in total. The van der Waals surface area contributed by atoms with E-state index < -0.39 is 11.9 Å². The van der Waals surface area contributed by atoms with Crippen LogP contribution >= 0.6 is 11.6 Å². The average molecular weight is 425 g/mol. The molecule has 1 unspecified atom stereocenters. The minimum atomic E-state index is -0.747. The molecule has 1 atom stereocenters. The Morgan fingerprint density at radius 1 is 1.13 bits per heavy atom. The number of rotatable bonds is 7. The van der Waals surface area contributed by atoms with Gasteiger partial charge in [-0.25, -0.2) is 5.43 Å². The Balaban J connectivity index is 1.72. The van der Waals surface area contributed by atoms with Crippen LogP contribution in [0.1, 0.15) is 36.7 Å². The highest BCUT2D eigenvalue weighted by Gasteiger charge is 2.25. The molecule has 0 saturated heterocycles. The molecule has 0 radical (unpaired) electrons. The van der Waals surface area contributed by atoms with Crippen molar-refractivity contribution in [2.75, 3.05) is 0 Å². The van der Waals surface area contributed by atoms with Crippen molar-refractivity contribution in [1.82, 2.24) is 15.3 Å². The Morgan fingerprint density at radius 3 is 2.53 bits per heavy atom. The van der Waals surface area contributed by atoms with Gasteiger partial charge in [0, 0.05) is 29.2 Å². The summed E-state index contributed by atoms with van der Waals surface area (Å²) in [5.74, 6) is -0.918. The van der Waals surface area contributed by atoms with Crippen LogP contribution < -0.4 is 10.7 Å². The molecule has 0 bridgehead atoms.